The third kappa shape index (κ3) is 4.02. The van der Waals surface area contributed by atoms with E-state index >= 15 is 0 Å². The van der Waals surface area contributed by atoms with E-state index in [4.69, 9.17) is 12.6 Å². The highest BCUT2D eigenvalue weighted by molar-refractivity contribution is 6.32. The topological polar surface area (TPSA) is 9.23 Å². The molecular formula is C11H15BO. The Morgan fingerprint density at radius 2 is 1.85 bits per heavy atom. The van der Waals surface area contributed by atoms with Gasteiger partial charge in [0.25, 0.3) is 0 Å². The van der Waals surface area contributed by atoms with Gasteiger partial charge in [0.2, 0.25) is 0 Å². The molecule has 1 nitrogen and oxygen atoms in total. The van der Waals surface area contributed by atoms with Crippen molar-refractivity contribution in [3.8, 4) is 5.75 Å². The molecule has 0 bridgehead atoms. The van der Waals surface area contributed by atoms with Crippen LogP contribution in [-0.2, 0) is 0 Å². The van der Waals surface area contributed by atoms with Gasteiger partial charge in [-0.05, 0) is 18.6 Å². The van der Waals surface area contributed by atoms with Crippen LogP contribution in [-0.4, -0.2) is 14.5 Å². The van der Waals surface area contributed by atoms with Crippen molar-refractivity contribution < 1.29 is 4.74 Å². The molecule has 0 aliphatic carbocycles. The number of hydrogen-bond donors (Lipinski definition) is 0. The van der Waals surface area contributed by atoms with Gasteiger partial charge in [-0.1, -0.05) is 37.4 Å². The third-order valence-electron chi connectivity index (χ3n) is 1.90. The lowest BCUT2D eigenvalue weighted by Gasteiger charge is -2.05. The molecule has 0 atom stereocenters. The number of rotatable bonds is 5. The molecule has 2 radical (unpaired) electrons. The Hall–Kier alpha value is -0.915. The second kappa shape index (κ2) is 5.68. The minimum atomic E-state index is 0.779. The van der Waals surface area contributed by atoms with E-state index in [-0.39, 0.29) is 0 Å². The van der Waals surface area contributed by atoms with Crippen LogP contribution in [0.3, 0.4) is 0 Å². The molecule has 0 unspecified atom stereocenters. The SMILES string of the molecule is [B]c1ccc(OCCCCC)cc1. The van der Waals surface area contributed by atoms with E-state index < -0.39 is 0 Å². The molecule has 1 aromatic carbocycles. The summed E-state index contributed by atoms with van der Waals surface area (Å²) in [5, 5.41) is 0. The van der Waals surface area contributed by atoms with E-state index in [1.807, 2.05) is 24.3 Å². The number of benzene rings is 1. The molecule has 1 aromatic rings. The second-order valence-electron chi connectivity index (χ2n) is 3.12. The molecule has 0 aromatic heterocycles. The van der Waals surface area contributed by atoms with Gasteiger partial charge in [0, 0.05) is 0 Å². The van der Waals surface area contributed by atoms with Crippen LogP contribution in [0.15, 0.2) is 24.3 Å². The van der Waals surface area contributed by atoms with Gasteiger partial charge in [-0.15, -0.1) is 0 Å². The Kier molecular flexibility index (Phi) is 4.44. The fourth-order valence-electron chi connectivity index (χ4n) is 1.11. The maximum Gasteiger partial charge on any atom is 0.119 e. The van der Waals surface area contributed by atoms with Gasteiger partial charge in [0.15, 0.2) is 0 Å². The van der Waals surface area contributed by atoms with Crippen LogP contribution in [0.2, 0.25) is 0 Å². The smallest absolute Gasteiger partial charge is 0.119 e. The van der Waals surface area contributed by atoms with Gasteiger partial charge >= 0.3 is 0 Å². The molecule has 68 valence electrons. The Bertz CT molecular complexity index is 230. The first-order chi connectivity index (χ1) is 6.33. The summed E-state index contributed by atoms with van der Waals surface area (Å²) < 4.78 is 5.51. The van der Waals surface area contributed by atoms with Crippen molar-refractivity contribution in [3.63, 3.8) is 0 Å². The lowest BCUT2D eigenvalue weighted by Crippen LogP contribution is -2.02. The van der Waals surface area contributed by atoms with Crippen molar-refractivity contribution in [2.24, 2.45) is 0 Å². The van der Waals surface area contributed by atoms with E-state index in [9.17, 15) is 0 Å². The van der Waals surface area contributed by atoms with Crippen molar-refractivity contribution in [2.45, 2.75) is 26.2 Å². The summed E-state index contributed by atoms with van der Waals surface area (Å²) in [6.45, 7) is 2.99. The first kappa shape index (κ1) is 10.2. The summed E-state index contributed by atoms with van der Waals surface area (Å²) in [5.41, 5.74) is 0.779. The van der Waals surface area contributed by atoms with Gasteiger partial charge in [-0.3, -0.25) is 0 Å². The first-order valence-electron chi connectivity index (χ1n) is 4.81. The van der Waals surface area contributed by atoms with E-state index in [1.165, 1.54) is 12.8 Å². The lowest BCUT2D eigenvalue weighted by molar-refractivity contribution is 0.306. The molecule has 13 heavy (non-hydrogen) atoms. The quantitative estimate of drug-likeness (QED) is 0.490. The van der Waals surface area contributed by atoms with Gasteiger partial charge in [0.05, 0.1) is 6.61 Å². The predicted octanol–water partition coefficient (Wildman–Crippen LogP) is 2.05. The Morgan fingerprint density at radius 3 is 2.46 bits per heavy atom. The van der Waals surface area contributed by atoms with E-state index in [1.54, 1.807) is 0 Å². The third-order valence-corrected chi connectivity index (χ3v) is 1.90. The van der Waals surface area contributed by atoms with Gasteiger partial charge in [-0.25, -0.2) is 0 Å². The van der Waals surface area contributed by atoms with Crippen LogP contribution in [0.1, 0.15) is 26.2 Å². The highest BCUT2D eigenvalue weighted by Crippen LogP contribution is 2.07. The van der Waals surface area contributed by atoms with Crippen LogP contribution in [0.25, 0.3) is 0 Å². The zero-order valence-electron chi connectivity index (χ0n) is 8.12. The molecule has 0 fully saturated rings. The van der Waals surface area contributed by atoms with Crippen LogP contribution in [0.5, 0.6) is 5.75 Å². The van der Waals surface area contributed by atoms with Crippen molar-refractivity contribution in [1.82, 2.24) is 0 Å². The average molecular weight is 174 g/mol. The predicted molar refractivity (Wildman–Crippen MR) is 56.9 cm³/mol. The zero-order valence-corrected chi connectivity index (χ0v) is 8.12. The molecule has 0 saturated heterocycles. The Labute approximate surface area is 81.5 Å². The molecular weight excluding hydrogens is 159 g/mol. The van der Waals surface area contributed by atoms with E-state index in [2.05, 4.69) is 6.92 Å². The summed E-state index contributed by atoms with van der Waals surface area (Å²) >= 11 is 0. The Morgan fingerprint density at radius 1 is 1.15 bits per heavy atom. The van der Waals surface area contributed by atoms with Crippen LogP contribution in [0.4, 0.5) is 0 Å². The fourth-order valence-corrected chi connectivity index (χ4v) is 1.11. The van der Waals surface area contributed by atoms with Crippen molar-refractivity contribution in [3.05, 3.63) is 24.3 Å². The maximum absolute atomic E-state index is 5.55. The van der Waals surface area contributed by atoms with Crippen LogP contribution < -0.4 is 10.2 Å². The summed E-state index contributed by atoms with van der Waals surface area (Å²) in [6.07, 6.45) is 3.58. The Balaban J connectivity index is 2.25. The fraction of sp³-hybridized carbons (Fsp3) is 0.455. The van der Waals surface area contributed by atoms with Crippen molar-refractivity contribution >= 4 is 13.3 Å². The molecule has 1 rings (SSSR count). The summed E-state index contributed by atoms with van der Waals surface area (Å²) in [5.74, 6) is 0.908. The maximum atomic E-state index is 5.55. The molecule has 0 heterocycles. The number of ether oxygens (including phenoxy) is 1. The molecule has 2 heteroatoms. The van der Waals surface area contributed by atoms with Crippen LogP contribution in [0, 0.1) is 0 Å². The van der Waals surface area contributed by atoms with Gasteiger partial charge < -0.3 is 4.74 Å². The van der Waals surface area contributed by atoms with Gasteiger partial charge in [0.1, 0.15) is 13.6 Å². The normalized spacial score (nSPS) is 9.92. The highest BCUT2D eigenvalue weighted by atomic mass is 16.5. The van der Waals surface area contributed by atoms with Crippen LogP contribution >= 0.6 is 0 Å². The number of hydrogen-bond acceptors (Lipinski definition) is 1. The highest BCUT2D eigenvalue weighted by Gasteiger charge is 1.91. The van der Waals surface area contributed by atoms with Crippen molar-refractivity contribution in [2.75, 3.05) is 6.61 Å². The van der Waals surface area contributed by atoms with E-state index in [0.717, 1.165) is 24.2 Å². The second-order valence-corrected chi connectivity index (χ2v) is 3.12. The summed E-state index contributed by atoms with van der Waals surface area (Å²) in [4.78, 5) is 0. The molecule has 0 N–H and O–H groups in total. The average Bonchev–Trinajstić information content (AvgIpc) is 2.15. The van der Waals surface area contributed by atoms with Gasteiger partial charge in [-0.2, -0.15) is 0 Å². The minimum Gasteiger partial charge on any atom is -0.494 e. The van der Waals surface area contributed by atoms with Crippen molar-refractivity contribution in [1.29, 1.82) is 0 Å². The molecule has 0 spiro atoms. The minimum absolute atomic E-state index is 0.779. The molecule has 0 amide bonds. The first-order valence-corrected chi connectivity index (χ1v) is 4.81. The number of unbranched alkanes of at least 4 members (excludes halogenated alkanes) is 2. The molecule has 0 aliphatic heterocycles. The zero-order chi connectivity index (χ0) is 9.52. The monoisotopic (exact) mass is 174 g/mol. The molecule has 0 aliphatic rings. The summed E-state index contributed by atoms with van der Waals surface area (Å²) in [6, 6.07) is 7.52. The van der Waals surface area contributed by atoms with E-state index in [0.29, 0.717) is 0 Å². The summed E-state index contributed by atoms with van der Waals surface area (Å²) in [7, 11) is 5.55. The lowest BCUT2D eigenvalue weighted by atomic mass is 9.97. The largest absolute Gasteiger partial charge is 0.494 e. The standard InChI is InChI=1S/C11H15BO/c1-2-3-4-9-13-11-7-5-10(12)6-8-11/h5-8H,2-4,9H2,1H3. The molecule has 0 saturated carbocycles.